The van der Waals surface area contributed by atoms with E-state index in [0.29, 0.717) is 30.1 Å². The van der Waals surface area contributed by atoms with Gasteiger partial charge in [-0.3, -0.25) is 14.7 Å². The zero-order valence-corrected chi connectivity index (χ0v) is 18.0. The van der Waals surface area contributed by atoms with Gasteiger partial charge in [0.05, 0.1) is 19.0 Å². The number of hydrogen-bond donors (Lipinski definition) is 2. The number of benzene rings is 1. The molecular weight excluding hydrogens is 404 g/mol. The molecule has 2 aromatic rings. The molecule has 4 rings (SSSR count). The SMILES string of the molecule is Cc1cccc(NC(=O)NC(=O)CSc2nnc(N3CCOCC3)n2C2CC2)c1C. The van der Waals surface area contributed by atoms with E-state index in [-0.39, 0.29) is 11.7 Å². The minimum atomic E-state index is -0.535. The first-order chi connectivity index (χ1) is 14.5. The molecule has 1 aliphatic heterocycles. The van der Waals surface area contributed by atoms with Crippen molar-refractivity contribution in [2.45, 2.75) is 37.9 Å². The van der Waals surface area contributed by atoms with Gasteiger partial charge in [-0.2, -0.15) is 0 Å². The topological polar surface area (TPSA) is 101 Å². The Kier molecular flexibility index (Phi) is 6.24. The molecule has 160 valence electrons. The standard InChI is InChI=1S/C20H26N6O3S/c1-13-4-3-5-16(14(13)2)21-18(28)22-17(27)12-30-20-24-23-19(26(20)15-6-7-15)25-8-10-29-11-9-25/h3-5,15H,6-12H2,1-2H3,(H2,21,22,27,28). The van der Waals surface area contributed by atoms with E-state index in [2.05, 4.69) is 30.3 Å². The minimum absolute atomic E-state index is 0.0915. The van der Waals surface area contributed by atoms with Crippen LogP contribution < -0.4 is 15.5 Å². The summed E-state index contributed by atoms with van der Waals surface area (Å²) in [7, 11) is 0. The first-order valence-corrected chi connectivity index (χ1v) is 11.1. The summed E-state index contributed by atoms with van der Waals surface area (Å²) in [4.78, 5) is 26.7. The van der Waals surface area contributed by atoms with Crippen molar-refractivity contribution in [3.63, 3.8) is 0 Å². The molecule has 10 heteroatoms. The molecule has 0 spiro atoms. The van der Waals surface area contributed by atoms with Gasteiger partial charge in [-0.05, 0) is 43.9 Å². The van der Waals surface area contributed by atoms with Crippen molar-refractivity contribution in [1.29, 1.82) is 0 Å². The highest BCUT2D eigenvalue weighted by atomic mass is 32.2. The second-order valence-electron chi connectivity index (χ2n) is 7.52. The minimum Gasteiger partial charge on any atom is -0.378 e. The highest BCUT2D eigenvalue weighted by Gasteiger charge is 2.32. The molecule has 2 aliphatic rings. The second kappa shape index (κ2) is 9.05. The van der Waals surface area contributed by atoms with Gasteiger partial charge in [0.25, 0.3) is 0 Å². The Hall–Kier alpha value is -2.59. The summed E-state index contributed by atoms with van der Waals surface area (Å²) in [5.74, 6) is 0.561. The number of anilines is 2. The molecule has 1 aromatic carbocycles. The Morgan fingerprint density at radius 2 is 1.97 bits per heavy atom. The molecule has 1 aromatic heterocycles. The molecule has 1 saturated heterocycles. The van der Waals surface area contributed by atoms with E-state index < -0.39 is 6.03 Å². The molecule has 1 saturated carbocycles. The van der Waals surface area contributed by atoms with E-state index in [4.69, 9.17) is 4.74 Å². The average Bonchev–Trinajstić information content (AvgIpc) is 3.49. The lowest BCUT2D eigenvalue weighted by Gasteiger charge is -2.27. The summed E-state index contributed by atoms with van der Waals surface area (Å²) in [6, 6.07) is 5.50. The fraction of sp³-hybridized carbons (Fsp3) is 0.500. The van der Waals surface area contributed by atoms with Gasteiger partial charge in [-0.25, -0.2) is 4.79 Å². The monoisotopic (exact) mass is 430 g/mol. The number of nitrogens with one attached hydrogen (secondary N) is 2. The van der Waals surface area contributed by atoms with E-state index in [0.717, 1.165) is 43.0 Å². The number of nitrogens with zero attached hydrogens (tertiary/aromatic N) is 4. The maximum Gasteiger partial charge on any atom is 0.325 e. The molecule has 0 radical (unpaired) electrons. The average molecular weight is 431 g/mol. The lowest BCUT2D eigenvalue weighted by molar-refractivity contribution is -0.117. The summed E-state index contributed by atoms with van der Waals surface area (Å²) < 4.78 is 7.55. The van der Waals surface area contributed by atoms with E-state index in [1.165, 1.54) is 11.8 Å². The number of carbonyl (C=O) groups excluding carboxylic acids is 2. The van der Waals surface area contributed by atoms with Crippen molar-refractivity contribution >= 4 is 35.3 Å². The quantitative estimate of drug-likeness (QED) is 0.679. The van der Waals surface area contributed by atoms with Gasteiger partial charge in [0, 0.05) is 24.8 Å². The Bertz CT molecular complexity index is 937. The molecule has 2 heterocycles. The van der Waals surface area contributed by atoms with Gasteiger partial charge in [0.2, 0.25) is 11.9 Å². The van der Waals surface area contributed by atoms with Crippen LogP contribution in [-0.2, 0) is 9.53 Å². The Balaban J connectivity index is 1.34. The van der Waals surface area contributed by atoms with Crippen LogP contribution >= 0.6 is 11.8 Å². The summed E-state index contributed by atoms with van der Waals surface area (Å²) >= 11 is 1.30. The predicted molar refractivity (Wildman–Crippen MR) is 115 cm³/mol. The van der Waals surface area contributed by atoms with Crippen LogP contribution in [0.3, 0.4) is 0 Å². The number of hydrogen-bond acceptors (Lipinski definition) is 7. The van der Waals surface area contributed by atoms with Gasteiger partial charge in [-0.15, -0.1) is 10.2 Å². The number of aryl methyl sites for hydroxylation is 1. The third-order valence-electron chi connectivity index (χ3n) is 5.29. The third kappa shape index (κ3) is 4.76. The normalized spacial score (nSPS) is 16.4. The zero-order chi connectivity index (χ0) is 21.1. The molecule has 2 fully saturated rings. The van der Waals surface area contributed by atoms with Crippen molar-refractivity contribution in [2.75, 3.05) is 42.3 Å². The number of rotatable bonds is 6. The van der Waals surface area contributed by atoms with Crippen LogP contribution in [0, 0.1) is 13.8 Å². The molecule has 30 heavy (non-hydrogen) atoms. The van der Waals surface area contributed by atoms with Crippen LogP contribution in [0.25, 0.3) is 0 Å². The Morgan fingerprint density at radius 1 is 1.20 bits per heavy atom. The smallest absolute Gasteiger partial charge is 0.325 e. The largest absolute Gasteiger partial charge is 0.378 e. The van der Waals surface area contributed by atoms with Crippen LogP contribution in [0.5, 0.6) is 0 Å². The van der Waals surface area contributed by atoms with Gasteiger partial charge in [0.1, 0.15) is 0 Å². The molecule has 0 atom stereocenters. The number of morpholine rings is 1. The molecule has 3 amide bonds. The van der Waals surface area contributed by atoms with Gasteiger partial charge in [0.15, 0.2) is 5.16 Å². The van der Waals surface area contributed by atoms with Crippen LogP contribution in [0.1, 0.15) is 30.0 Å². The predicted octanol–water partition coefficient (Wildman–Crippen LogP) is 2.51. The van der Waals surface area contributed by atoms with Crippen molar-refractivity contribution < 1.29 is 14.3 Å². The van der Waals surface area contributed by atoms with Crippen molar-refractivity contribution in [1.82, 2.24) is 20.1 Å². The Morgan fingerprint density at radius 3 is 2.70 bits per heavy atom. The highest BCUT2D eigenvalue weighted by Crippen LogP contribution is 2.41. The lowest BCUT2D eigenvalue weighted by Crippen LogP contribution is -2.38. The Labute approximate surface area is 179 Å². The molecule has 9 nitrogen and oxygen atoms in total. The zero-order valence-electron chi connectivity index (χ0n) is 17.2. The molecule has 2 N–H and O–H groups in total. The molecule has 0 unspecified atom stereocenters. The van der Waals surface area contributed by atoms with Crippen LogP contribution in [-0.4, -0.2) is 58.8 Å². The van der Waals surface area contributed by atoms with E-state index in [1.54, 1.807) is 0 Å². The first-order valence-electron chi connectivity index (χ1n) is 10.1. The van der Waals surface area contributed by atoms with Gasteiger partial charge < -0.3 is 15.0 Å². The van der Waals surface area contributed by atoms with E-state index in [1.807, 2.05) is 32.0 Å². The number of thioether (sulfide) groups is 1. The fourth-order valence-corrected chi connectivity index (χ4v) is 4.13. The molecule has 1 aliphatic carbocycles. The van der Waals surface area contributed by atoms with Crippen LogP contribution in [0.2, 0.25) is 0 Å². The van der Waals surface area contributed by atoms with Crippen molar-refractivity contribution in [2.24, 2.45) is 0 Å². The molecular formula is C20H26N6O3S. The number of imide groups is 1. The summed E-state index contributed by atoms with van der Waals surface area (Å²) in [5, 5.41) is 14.5. The third-order valence-corrected chi connectivity index (χ3v) is 6.23. The van der Waals surface area contributed by atoms with E-state index >= 15 is 0 Å². The number of aromatic nitrogens is 3. The number of amides is 3. The second-order valence-corrected chi connectivity index (χ2v) is 8.46. The van der Waals surface area contributed by atoms with Crippen LogP contribution in [0.15, 0.2) is 23.4 Å². The van der Waals surface area contributed by atoms with Crippen molar-refractivity contribution in [3.8, 4) is 0 Å². The van der Waals surface area contributed by atoms with Crippen molar-refractivity contribution in [3.05, 3.63) is 29.3 Å². The lowest BCUT2D eigenvalue weighted by atomic mass is 10.1. The fourth-order valence-electron chi connectivity index (χ4n) is 3.33. The summed E-state index contributed by atoms with van der Waals surface area (Å²) in [5.41, 5.74) is 2.74. The number of urea groups is 1. The maximum absolute atomic E-state index is 12.3. The first kappa shape index (κ1) is 20.7. The van der Waals surface area contributed by atoms with Crippen LogP contribution in [0.4, 0.5) is 16.4 Å². The number of carbonyl (C=O) groups is 2. The van der Waals surface area contributed by atoms with Gasteiger partial charge in [-0.1, -0.05) is 23.9 Å². The highest BCUT2D eigenvalue weighted by molar-refractivity contribution is 7.99. The van der Waals surface area contributed by atoms with Gasteiger partial charge >= 0.3 is 6.03 Å². The van der Waals surface area contributed by atoms with E-state index in [9.17, 15) is 9.59 Å². The summed E-state index contributed by atoms with van der Waals surface area (Å²) in [6.45, 7) is 6.83. The maximum atomic E-state index is 12.3. The summed E-state index contributed by atoms with van der Waals surface area (Å²) in [6.07, 6.45) is 2.18. The number of ether oxygens (including phenoxy) is 1. The molecule has 0 bridgehead atoms.